The van der Waals surface area contributed by atoms with Gasteiger partial charge in [-0.1, -0.05) is 6.07 Å². The van der Waals surface area contributed by atoms with Gasteiger partial charge in [-0.3, -0.25) is 4.79 Å². The lowest BCUT2D eigenvalue weighted by atomic mass is 10.1. The lowest BCUT2D eigenvalue weighted by Crippen LogP contribution is -2.12. The van der Waals surface area contributed by atoms with Crippen molar-refractivity contribution in [2.75, 3.05) is 12.4 Å². The minimum Gasteiger partial charge on any atom is -0.495 e. The number of carbonyl (C=O) groups is 1. The van der Waals surface area contributed by atoms with Crippen LogP contribution in [0.1, 0.15) is 15.9 Å². The fourth-order valence-corrected chi connectivity index (χ4v) is 2.41. The highest BCUT2D eigenvalue weighted by Crippen LogP contribution is 2.25. The molecule has 1 amide bonds. The summed E-state index contributed by atoms with van der Waals surface area (Å²) in [6.45, 7) is 1.97. The maximum atomic E-state index is 12.4. The average Bonchev–Trinajstić information content (AvgIpc) is 3.10. The summed E-state index contributed by atoms with van der Waals surface area (Å²) in [6.07, 6.45) is 3.93. The number of benzene rings is 2. The highest BCUT2D eigenvalue weighted by atomic mass is 16.5. The summed E-state index contributed by atoms with van der Waals surface area (Å²) in [4.78, 5) is 12.4. The molecule has 0 atom stereocenters. The van der Waals surface area contributed by atoms with E-state index >= 15 is 0 Å². The van der Waals surface area contributed by atoms with Crippen LogP contribution in [0.4, 0.5) is 5.69 Å². The molecule has 23 heavy (non-hydrogen) atoms. The molecule has 4 heteroatoms. The molecular weight excluding hydrogens is 288 g/mol. The number of carbonyl (C=O) groups excluding carboxylic acids is 1. The van der Waals surface area contributed by atoms with Crippen molar-refractivity contribution in [1.82, 2.24) is 4.57 Å². The molecule has 4 nitrogen and oxygen atoms in total. The monoisotopic (exact) mass is 306 g/mol. The number of methoxy groups -OCH3 is 1. The van der Waals surface area contributed by atoms with Crippen LogP contribution in [0.15, 0.2) is 67.0 Å². The highest BCUT2D eigenvalue weighted by Gasteiger charge is 2.10. The number of nitrogens with one attached hydrogen (secondary N) is 1. The first-order valence-corrected chi connectivity index (χ1v) is 7.37. The van der Waals surface area contributed by atoms with Crippen LogP contribution in [0.25, 0.3) is 5.69 Å². The van der Waals surface area contributed by atoms with Gasteiger partial charge in [-0.05, 0) is 61.0 Å². The van der Waals surface area contributed by atoms with Crippen molar-refractivity contribution in [3.63, 3.8) is 0 Å². The number of rotatable bonds is 4. The SMILES string of the molecule is COc1ccc(C)cc1NC(=O)c1ccc(-n2cccc2)cc1. The first kappa shape index (κ1) is 14.9. The Morgan fingerprint density at radius 3 is 2.39 bits per heavy atom. The van der Waals surface area contributed by atoms with Gasteiger partial charge in [-0.2, -0.15) is 0 Å². The number of aromatic nitrogens is 1. The lowest BCUT2D eigenvalue weighted by molar-refractivity contribution is 0.102. The van der Waals surface area contributed by atoms with Crippen LogP contribution in [-0.2, 0) is 0 Å². The summed E-state index contributed by atoms with van der Waals surface area (Å²) < 4.78 is 7.28. The van der Waals surface area contributed by atoms with E-state index in [1.54, 1.807) is 7.11 Å². The molecule has 1 N–H and O–H groups in total. The standard InChI is InChI=1S/C19H18N2O2/c1-14-5-10-18(23-2)17(13-14)20-19(22)15-6-8-16(9-7-15)21-11-3-4-12-21/h3-13H,1-2H3,(H,20,22). The second kappa shape index (κ2) is 6.40. The maximum Gasteiger partial charge on any atom is 0.255 e. The lowest BCUT2D eigenvalue weighted by Gasteiger charge is -2.11. The van der Waals surface area contributed by atoms with E-state index in [2.05, 4.69) is 5.32 Å². The van der Waals surface area contributed by atoms with Crippen LogP contribution in [0, 0.1) is 6.92 Å². The second-order valence-corrected chi connectivity index (χ2v) is 5.30. The number of hydrogen-bond acceptors (Lipinski definition) is 2. The predicted octanol–water partition coefficient (Wildman–Crippen LogP) is 4.05. The van der Waals surface area contributed by atoms with E-state index in [0.29, 0.717) is 17.0 Å². The molecule has 0 saturated carbocycles. The number of anilines is 1. The smallest absolute Gasteiger partial charge is 0.255 e. The van der Waals surface area contributed by atoms with Crippen LogP contribution < -0.4 is 10.1 Å². The van der Waals surface area contributed by atoms with Crippen molar-refractivity contribution in [2.45, 2.75) is 6.92 Å². The van der Waals surface area contributed by atoms with Crippen molar-refractivity contribution in [3.8, 4) is 11.4 Å². The molecule has 0 spiro atoms. The van der Waals surface area contributed by atoms with E-state index in [4.69, 9.17) is 4.74 Å². The Morgan fingerprint density at radius 2 is 1.74 bits per heavy atom. The van der Waals surface area contributed by atoms with Gasteiger partial charge < -0.3 is 14.6 Å². The van der Waals surface area contributed by atoms with Gasteiger partial charge in [-0.25, -0.2) is 0 Å². The Hall–Kier alpha value is -3.01. The molecule has 116 valence electrons. The minimum absolute atomic E-state index is 0.159. The molecule has 0 bridgehead atoms. The predicted molar refractivity (Wildman–Crippen MR) is 91.5 cm³/mol. The third-order valence-corrected chi connectivity index (χ3v) is 3.64. The Bertz CT molecular complexity index is 806. The molecular formula is C19H18N2O2. The number of amides is 1. The molecule has 1 aromatic heterocycles. The van der Waals surface area contributed by atoms with Crippen LogP contribution in [-0.4, -0.2) is 17.6 Å². The van der Waals surface area contributed by atoms with Gasteiger partial charge in [0.2, 0.25) is 0 Å². The summed E-state index contributed by atoms with van der Waals surface area (Å²) in [5, 5.41) is 2.90. The van der Waals surface area contributed by atoms with E-state index in [9.17, 15) is 4.79 Å². The first-order chi connectivity index (χ1) is 11.2. The van der Waals surface area contributed by atoms with E-state index in [0.717, 1.165) is 11.3 Å². The number of nitrogens with zero attached hydrogens (tertiary/aromatic N) is 1. The molecule has 0 fully saturated rings. The summed E-state index contributed by atoms with van der Waals surface area (Å²) in [5.41, 5.74) is 3.35. The molecule has 1 heterocycles. The van der Waals surface area contributed by atoms with Crippen LogP contribution in [0.5, 0.6) is 5.75 Å². The third kappa shape index (κ3) is 3.26. The molecule has 3 rings (SSSR count). The summed E-state index contributed by atoms with van der Waals surface area (Å²) in [7, 11) is 1.59. The van der Waals surface area contributed by atoms with Gasteiger partial charge in [0, 0.05) is 23.6 Å². The average molecular weight is 306 g/mol. The molecule has 0 unspecified atom stereocenters. The molecule has 0 aliphatic heterocycles. The van der Waals surface area contributed by atoms with Gasteiger partial charge in [0.05, 0.1) is 12.8 Å². The van der Waals surface area contributed by atoms with Gasteiger partial charge in [0.15, 0.2) is 0 Å². The number of aryl methyl sites for hydroxylation is 1. The van der Waals surface area contributed by atoms with Crippen molar-refractivity contribution in [2.24, 2.45) is 0 Å². The number of hydrogen-bond donors (Lipinski definition) is 1. The Balaban J connectivity index is 1.80. The molecule has 2 aromatic carbocycles. The summed E-state index contributed by atoms with van der Waals surface area (Å²) in [5.74, 6) is 0.487. The van der Waals surface area contributed by atoms with Gasteiger partial charge in [-0.15, -0.1) is 0 Å². The first-order valence-electron chi connectivity index (χ1n) is 7.37. The van der Waals surface area contributed by atoms with Crippen LogP contribution >= 0.6 is 0 Å². The van der Waals surface area contributed by atoms with E-state index in [1.807, 2.05) is 78.5 Å². The Labute approximate surface area is 135 Å². The zero-order valence-corrected chi connectivity index (χ0v) is 13.1. The van der Waals surface area contributed by atoms with Gasteiger partial charge in [0.1, 0.15) is 5.75 Å². The quantitative estimate of drug-likeness (QED) is 0.790. The zero-order chi connectivity index (χ0) is 16.2. The Kier molecular flexibility index (Phi) is 4.15. The van der Waals surface area contributed by atoms with Gasteiger partial charge >= 0.3 is 0 Å². The summed E-state index contributed by atoms with van der Waals surface area (Å²) >= 11 is 0. The second-order valence-electron chi connectivity index (χ2n) is 5.30. The van der Waals surface area contributed by atoms with Crippen molar-refractivity contribution in [3.05, 3.63) is 78.1 Å². The van der Waals surface area contributed by atoms with Crippen LogP contribution in [0.3, 0.4) is 0 Å². The van der Waals surface area contributed by atoms with E-state index < -0.39 is 0 Å². The largest absolute Gasteiger partial charge is 0.495 e. The van der Waals surface area contributed by atoms with Crippen molar-refractivity contribution < 1.29 is 9.53 Å². The molecule has 0 aliphatic rings. The fraction of sp³-hybridized carbons (Fsp3) is 0.105. The van der Waals surface area contributed by atoms with Crippen molar-refractivity contribution >= 4 is 11.6 Å². The van der Waals surface area contributed by atoms with E-state index in [-0.39, 0.29) is 5.91 Å². The Morgan fingerprint density at radius 1 is 1.04 bits per heavy atom. The maximum absolute atomic E-state index is 12.4. The topological polar surface area (TPSA) is 43.3 Å². The van der Waals surface area contributed by atoms with Gasteiger partial charge in [0.25, 0.3) is 5.91 Å². The molecule has 0 aliphatic carbocycles. The highest BCUT2D eigenvalue weighted by molar-refractivity contribution is 6.05. The number of ether oxygens (including phenoxy) is 1. The summed E-state index contributed by atoms with van der Waals surface area (Å²) in [6, 6.07) is 17.1. The third-order valence-electron chi connectivity index (χ3n) is 3.64. The van der Waals surface area contributed by atoms with Crippen molar-refractivity contribution in [1.29, 1.82) is 0 Å². The minimum atomic E-state index is -0.159. The fourth-order valence-electron chi connectivity index (χ4n) is 2.41. The van der Waals surface area contributed by atoms with Crippen LogP contribution in [0.2, 0.25) is 0 Å². The molecule has 0 saturated heterocycles. The zero-order valence-electron chi connectivity index (χ0n) is 13.1. The normalized spacial score (nSPS) is 10.3. The van der Waals surface area contributed by atoms with E-state index in [1.165, 1.54) is 0 Å². The molecule has 3 aromatic rings. The molecule has 0 radical (unpaired) electrons.